The van der Waals surface area contributed by atoms with Crippen molar-refractivity contribution in [3.05, 3.63) is 33.8 Å². The third-order valence-electron chi connectivity index (χ3n) is 2.42. The average molecular weight is 276 g/mol. The van der Waals surface area contributed by atoms with E-state index in [0.29, 0.717) is 23.6 Å². The molecular weight excluding hydrogens is 261 g/mol. The molecule has 2 N–H and O–H groups in total. The fourth-order valence-corrected chi connectivity index (χ4v) is 1.87. The number of ether oxygens (including phenoxy) is 1. The molecule has 1 rings (SSSR count). The number of Topliss-reactive ketones (excluding diaryl/α,β-unsaturated/α-hetero) is 1. The van der Waals surface area contributed by atoms with Crippen LogP contribution in [0.2, 0.25) is 10.0 Å². The second-order valence-electron chi connectivity index (χ2n) is 3.71. The maximum Gasteiger partial charge on any atom is 0.181 e. The fraction of sp³-hybridized carbons (Fsp3) is 0.417. The van der Waals surface area contributed by atoms with Crippen LogP contribution >= 0.6 is 23.2 Å². The zero-order valence-electron chi connectivity index (χ0n) is 9.58. The second-order valence-corrected chi connectivity index (χ2v) is 4.49. The summed E-state index contributed by atoms with van der Waals surface area (Å²) in [6.07, 6.45) is 1.30. The maximum atomic E-state index is 12.0. The summed E-state index contributed by atoms with van der Waals surface area (Å²) >= 11 is 11.8. The number of halogens is 2. The molecule has 0 aliphatic carbocycles. The molecule has 1 unspecified atom stereocenters. The number of methoxy groups -OCH3 is 1. The average Bonchev–Trinajstić information content (AvgIpc) is 2.32. The Labute approximate surface area is 111 Å². The van der Waals surface area contributed by atoms with Crippen LogP contribution in [0.25, 0.3) is 0 Å². The molecule has 3 nitrogen and oxygen atoms in total. The van der Waals surface area contributed by atoms with Crippen molar-refractivity contribution in [2.24, 2.45) is 5.73 Å². The minimum absolute atomic E-state index is 0.186. The minimum atomic E-state index is -0.568. The van der Waals surface area contributed by atoms with Gasteiger partial charge in [0.25, 0.3) is 0 Å². The number of rotatable bonds is 6. The quantitative estimate of drug-likeness (QED) is 0.642. The predicted molar refractivity (Wildman–Crippen MR) is 69.9 cm³/mol. The molecule has 0 amide bonds. The lowest BCUT2D eigenvalue weighted by molar-refractivity contribution is 0.0950. The molecule has 0 spiro atoms. The van der Waals surface area contributed by atoms with E-state index in [2.05, 4.69) is 0 Å². The predicted octanol–water partition coefficient (Wildman–Crippen LogP) is 2.93. The molecule has 1 atom stereocenters. The molecule has 94 valence electrons. The third-order valence-corrected chi connectivity index (χ3v) is 3.24. The van der Waals surface area contributed by atoms with E-state index in [1.807, 2.05) is 0 Å². The Kier molecular flexibility index (Phi) is 5.92. The number of ketones is 1. The Hall–Kier alpha value is -0.610. The van der Waals surface area contributed by atoms with Crippen molar-refractivity contribution in [3.8, 4) is 0 Å². The van der Waals surface area contributed by atoms with Crippen molar-refractivity contribution in [2.75, 3.05) is 13.7 Å². The van der Waals surface area contributed by atoms with Gasteiger partial charge in [0.1, 0.15) is 0 Å². The Morgan fingerprint density at radius 1 is 1.47 bits per heavy atom. The number of hydrogen-bond acceptors (Lipinski definition) is 3. The Bertz CT molecular complexity index is 396. The first-order chi connectivity index (χ1) is 8.07. The van der Waals surface area contributed by atoms with E-state index in [1.165, 1.54) is 0 Å². The van der Waals surface area contributed by atoms with Crippen LogP contribution in [0.1, 0.15) is 23.2 Å². The van der Waals surface area contributed by atoms with Gasteiger partial charge in [-0.25, -0.2) is 0 Å². The van der Waals surface area contributed by atoms with E-state index in [0.717, 1.165) is 6.42 Å². The van der Waals surface area contributed by atoms with Crippen molar-refractivity contribution in [3.63, 3.8) is 0 Å². The van der Waals surface area contributed by atoms with Crippen molar-refractivity contribution < 1.29 is 9.53 Å². The van der Waals surface area contributed by atoms with Gasteiger partial charge in [-0.15, -0.1) is 0 Å². The lowest BCUT2D eigenvalue weighted by Crippen LogP contribution is -2.31. The highest BCUT2D eigenvalue weighted by Crippen LogP contribution is 2.26. The molecule has 1 aromatic carbocycles. The molecule has 0 saturated carbocycles. The molecule has 0 heterocycles. The van der Waals surface area contributed by atoms with Gasteiger partial charge in [0.2, 0.25) is 0 Å². The third kappa shape index (κ3) is 3.96. The summed E-state index contributed by atoms with van der Waals surface area (Å²) in [5, 5.41) is 0.628. The van der Waals surface area contributed by atoms with E-state index in [9.17, 15) is 4.79 Å². The topological polar surface area (TPSA) is 52.3 Å². The van der Waals surface area contributed by atoms with Crippen molar-refractivity contribution in [1.29, 1.82) is 0 Å². The molecular formula is C12H15Cl2NO2. The lowest BCUT2D eigenvalue weighted by atomic mass is 10.0. The van der Waals surface area contributed by atoms with E-state index < -0.39 is 6.04 Å². The zero-order chi connectivity index (χ0) is 12.8. The van der Waals surface area contributed by atoms with E-state index in [1.54, 1.807) is 25.3 Å². The van der Waals surface area contributed by atoms with Gasteiger partial charge in [0, 0.05) is 19.3 Å². The van der Waals surface area contributed by atoms with Crippen LogP contribution < -0.4 is 5.73 Å². The summed E-state index contributed by atoms with van der Waals surface area (Å²) in [6, 6.07) is 4.38. The van der Waals surface area contributed by atoms with Crippen LogP contribution in [0.5, 0.6) is 0 Å². The van der Waals surface area contributed by atoms with Crippen LogP contribution in [0, 0.1) is 0 Å². The van der Waals surface area contributed by atoms with Crippen LogP contribution in [0.3, 0.4) is 0 Å². The normalized spacial score (nSPS) is 12.5. The fourth-order valence-electron chi connectivity index (χ4n) is 1.47. The molecule has 0 radical (unpaired) electrons. The van der Waals surface area contributed by atoms with Crippen LogP contribution in [-0.2, 0) is 4.74 Å². The van der Waals surface area contributed by atoms with Gasteiger partial charge in [-0.05, 0) is 25.0 Å². The Morgan fingerprint density at radius 2 is 2.18 bits per heavy atom. The van der Waals surface area contributed by atoms with Crippen molar-refractivity contribution in [1.82, 2.24) is 0 Å². The van der Waals surface area contributed by atoms with Gasteiger partial charge in [0.05, 0.1) is 16.1 Å². The maximum absolute atomic E-state index is 12.0. The summed E-state index contributed by atoms with van der Waals surface area (Å²) in [5.74, 6) is -0.186. The van der Waals surface area contributed by atoms with Crippen molar-refractivity contribution >= 4 is 29.0 Å². The van der Waals surface area contributed by atoms with Crippen molar-refractivity contribution in [2.45, 2.75) is 18.9 Å². The molecule has 0 aliphatic heterocycles. The minimum Gasteiger partial charge on any atom is -0.385 e. The SMILES string of the molecule is COCCCC(N)C(=O)c1cccc(Cl)c1Cl. The van der Waals surface area contributed by atoms with Gasteiger partial charge in [-0.3, -0.25) is 4.79 Å². The molecule has 5 heteroatoms. The summed E-state index contributed by atoms with van der Waals surface area (Å²) in [7, 11) is 1.61. The summed E-state index contributed by atoms with van der Waals surface area (Å²) in [4.78, 5) is 12.0. The first kappa shape index (κ1) is 14.5. The molecule has 0 saturated heterocycles. The summed E-state index contributed by atoms with van der Waals surface area (Å²) in [5.41, 5.74) is 6.18. The molecule has 0 aliphatic rings. The van der Waals surface area contributed by atoms with E-state index >= 15 is 0 Å². The van der Waals surface area contributed by atoms with Gasteiger partial charge >= 0.3 is 0 Å². The number of hydrogen-bond donors (Lipinski definition) is 1. The first-order valence-electron chi connectivity index (χ1n) is 5.30. The number of nitrogens with two attached hydrogens (primary N) is 1. The number of carbonyl (C=O) groups is 1. The van der Waals surface area contributed by atoms with Crippen LogP contribution in [0.4, 0.5) is 0 Å². The molecule has 1 aromatic rings. The Morgan fingerprint density at radius 3 is 2.82 bits per heavy atom. The molecule has 17 heavy (non-hydrogen) atoms. The Balaban J connectivity index is 2.71. The summed E-state index contributed by atoms with van der Waals surface area (Å²) < 4.78 is 4.91. The number of carbonyl (C=O) groups excluding carboxylic acids is 1. The summed E-state index contributed by atoms with van der Waals surface area (Å²) in [6.45, 7) is 0.588. The molecule has 0 fully saturated rings. The highest BCUT2D eigenvalue weighted by atomic mass is 35.5. The monoisotopic (exact) mass is 275 g/mol. The van der Waals surface area contributed by atoms with E-state index in [4.69, 9.17) is 33.7 Å². The van der Waals surface area contributed by atoms with Gasteiger partial charge in [-0.2, -0.15) is 0 Å². The van der Waals surface area contributed by atoms with Crippen LogP contribution in [0.15, 0.2) is 18.2 Å². The lowest BCUT2D eigenvalue weighted by Gasteiger charge is -2.11. The molecule has 0 aromatic heterocycles. The smallest absolute Gasteiger partial charge is 0.181 e. The largest absolute Gasteiger partial charge is 0.385 e. The van der Waals surface area contributed by atoms with Gasteiger partial charge in [0.15, 0.2) is 5.78 Å². The van der Waals surface area contributed by atoms with Crippen LogP contribution in [-0.4, -0.2) is 25.5 Å². The standard InChI is InChI=1S/C12H15Cl2NO2/c1-17-7-3-6-10(15)12(16)8-4-2-5-9(13)11(8)14/h2,4-5,10H,3,6-7,15H2,1H3. The second kappa shape index (κ2) is 6.97. The first-order valence-corrected chi connectivity index (χ1v) is 6.06. The van der Waals surface area contributed by atoms with Gasteiger partial charge in [-0.1, -0.05) is 29.3 Å². The van der Waals surface area contributed by atoms with E-state index in [-0.39, 0.29) is 10.8 Å². The van der Waals surface area contributed by atoms with Gasteiger partial charge < -0.3 is 10.5 Å². The number of benzene rings is 1. The zero-order valence-corrected chi connectivity index (χ0v) is 11.1. The highest BCUT2D eigenvalue weighted by molar-refractivity contribution is 6.44. The molecule has 0 bridgehead atoms. The highest BCUT2D eigenvalue weighted by Gasteiger charge is 2.19.